The Bertz CT molecular complexity index is 1260. The zero-order valence-electron chi connectivity index (χ0n) is 22.1. The normalized spacial score (nSPS) is 22.4. The van der Waals surface area contributed by atoms with Gasteiger partial charge in [-0.3, -0.25) is 4.79 Å². The highest BCUT2D eigenvalue weighted by molar-refractivity contribution is 7.90. The van der Waals surface area contributed by atoms with E-state index >= 15 is 0 Å². The van der Waals surface area contributed by atoms with Crippen LogP contribution in [-0.2, 0) is 16.4 Å². The number of hydrogen-bond donors (Lipinski definition) is 4. The molecule has 3 rings (SSSR count). The van der Waals surface area contributed by atoms with E-state index in [1.807, 2.05) is 4.72 Å². The van der Waals surface area contributed by atoms with E-state index in [0.29, 0.717) is 24.8 Å². The van der Waals surface area contributed by atoms with Crippen molar-refractivity contribution in [3.63, 3.8) is 0 Å². The van der Waals surface area contributed by atoms with Gasteiger partial charge in [0, 0.05) is 17.6 Å². The van der Waals surface area contributed by atoms with Crippen molar-refractivity contribution in [1.29, 1.82) is 0 Å². The van der Waals surface area contributed by atoms with Gasteiger partial charge < -0.3 is 20.5 Å². The molecule has 0 aliphatic heterocycles. The molecule has 2 aromatic carbocycles. The molecule has 0 unspecified atom stereocenters. The summed E-state index contributed by atoms with van der Waals surface area (Å²) in [6, 6.07) is 8.50. The van der Waals surface area contributed by atoms with Crippen LogP contribution in [0.15, 0.2) is 47.4 Å². The molecule has 0 bridgehead atoms. The maximum absolute atomic E-state index is 12.6. The van der Waals surface area contributed by atoms with Gasteiger partial charge in [0.15, 0.2) is 0 Å². The molecule has 0 heterocycles. The van der Waals surface area contributed by atoms with Crippen LogP contribution in [0.5, 0.6) is 5.75 Å². The van der Waals surface area contributed by atoms with Crippen LogP contribution in [0.25, 0.3) is 0 Å². The lowest BCUT2D eigenvalue weighted by atomic mass is 9.93. The third kappa shape index (κ3) is 7.09. The maximum Gasteiger partial charge on any atom is 0.328 e. The second-order valence-corrected chi connectivity index (χ2v) is 9.93. The van der Waals surface area contributed by atoms with Crippen molar-refractivity contribution in [3.8, 4) is 5.75 Å². The average Bonchev–Trinajstić information content (AvgIpc) is 2.80. The zero-order valence-corrected chi connectivity index (χ0v) is 19.7. The number of aliphatic hydroxyl groups is 1. The molecule has 1 aliphatic rings. The Labute approximate surface area is 209 Å². The summed E-state index contributed by atoms with van der Waals surface area (Å²) in [5.74, 6) is -0.731. The van der Waals surface area contributed by atoms with Gasteiger partial charge in [0.1, 0.15) is 5.75 Å². The summed E-state index contributed by atoms with van der Waals surface area (Å²) in [5.41, 5.74) is 0.659. The lowest BCUT2D eigenvalue weighted by Gasteiger charge is -2.26. The predicted molar refractivity (Wildman–Crippen MR) is 128 cm³/mol. The van der Waals surface area contributed by atoms with E-state index in [4.69, 9.17) is 21.8 Å². The Morgan fingerprint density at radius 3 is 2.56 bits per heavy atom. The molecular weight excluding hydrogens is 483 g/mol. The number of rotatable bonds is 8. The molecular formula is C23H28ClN3O6S. The number of nitrogens with one attached hydrogen (secondary N) is 3. The molecule has 0 spiro atoms. The van der Waals surface area contributed by atoms with Crippen LogP contribution in [0.3, 0.4) is 0 Å². The number of benzene rings is 2. The van der Waals surface area contributed by atoms with Crippen molar-refractivity contribution in [2.75, 3.05) is 13.6 Å². The second kappa shape index (κ2) is 11.5. The Morgan fingerprint density at radius 1 is 1.18 bits per heavy atom. The summed E-state index contributed by atoms with van der Waals surface area (Å²) >= 11 is 5.93. The van der Waals surface area contributed by atoms with Crippen molar-refractivity contribution in [3.05, 3.63) is 58.6 Å². The molecule has 34 heavy (non-hydrogen) atoms. The number of carbonyl (C=O) groups is 2. The first-order valence-electron chi connectivity index (χ1n) is 12.5. The van der Waals surface area contributed by atoms with Crippen LogP contribution in [0.4, 0.5) is 4.79 Å². The smallest absolute Gasteiger partial charge is 0.328 e. The third-order valence-electron chi connectivity index (χ3n) is 5.35. The number of halogens is 1. The van der Waals surface area contributed by atoms with Gasteiger partial charge in [-0.1, -0.05) is 23.7 Å². The average molecular weight is 515 g/mol. The van der Waals surface area contributed by atoms with Gasteiger partial charge in [0.2, 0.25) is 0 Å². The minimum Gasteiger partial charge on any atom is -0.496 e. The fraction of sp³-hybridized carbons (Fsp3) is 0.391. The van der Waals surface area contributed by atoms with Crippen molar-refractivity contribution in [2.24, 2.45) is 0 Å². The van der Waals surface area contributed by atoms with E-state index in [0.717, 1.165) is 0 Å². The Morgan fingerprint density at radius 2 is 1.88 bits per heavy atom. The SMILES string of the molecule is [2H]C1(O)CCC(NC(=O)NS(=O)(=O)c2ccc(CCNC(=O)c3cc(Cl)ccc3O[13C]([2H])([2H])[2H])cc2)CC1. The largest absolute Gasteiger partial charge is 0.496 e. The molecule has 1 aliphatic carbocycles. The van der Waals surface area contributed by atoms with Crippen molar-refractivity contribution in [1.82, 2.24) is 15.4 Å². The summed E-state index contributed by atoms with van der Waals surface area (Å²) in [6.07, 6.45) is -0.0863. The van der Waals surface area contributed by atoms with E-state index in [9.17, 15) is 23.1 Å². The summed E-state index contributed by atoms with van der Waals surface area (Å²) in [5, 5.41) is 15.1. The number of amides is 3. The topological polar surface area (TPSA) is 134 Å². The number of sulfonamides is 1. The third-order valence-corrected chi connectivity index (χ3v) is 6.94. The van der Waals surface area contributed by atoms with Crippen LogP contribution in [-0.4, -0.2) is 51.2 Å². The molecule has 4 N–H and O–H groups in total. The van der Waals surface area contributed by atoms with E-state index in [2.05, 4.69) is 10.6 Å². The highest BCUT2D eigenvalue weighted by atomic mass is 35.5. The first-order chi connectivity index (χ1) is 17.6. The molecule has 2 aromatic rings. The molecule has 3 amide bonds. The lowest BCUT2D eigenvalue weighted by molar-refractivity contribution is 0.0951. The first kappa shape index (κ1) is 20.5. The maximum atomic E-state index is 12.6. The van der Waals surface area contributed by atoms with E-state index < -0.39 is 35.1 Å². The number of hydrogen-bond acceptors (Lipinski definition) is 6. The number of urea groups is 1. The molecule has 11 heteroatoms. The van der Waals surface area contributed by atoms with Gasteiger partial charge in [0.05, 0.1) is 29.1 Å². The van der Waals surface area contributed by atoms with Gasteiger partial charge in [-0.25, -0.2) is 17.9 Å². The monoisotopic (exact) mass is 514 g/mol. The van der Waals surface area contributed by atoms with E-state index in [-0.39, 0.29) is 46.7 Å². The Kier molecular flexibility index (Phi) is 6.98. The summed E-state index contributed by atoms with van der Waals surface area (Å²) in [6.45, 7) is 0.153. The zero-order chi connectivity index (χ0) is 28.1. The highest BCUT2D eigenvalue weighted by Gasteiger charge is 2.23. The Hall–Kier alpha value is -2.82. The van der Waals surface area contributed by atoms with Crippen molar-refractivity contribution < 1.29 is 33.3 Å². The van der Waals surface area contributed by atoms with Crippen molar-refractivity contribution in [2.45, 2.75) is 49.1 Å². The summed E-state index contributed by atoms with van der Waals surface area (Å²) < 4.78 is 61.3. The number of carbonyl (C=O) groups excluding carboxylic acids is 2. The van der Waals surface area contributed by atoms with Gasteiger partial charge in [0.25, 0.3) is 15.9 Å². The van der Waals surface area contributed by atoms with E-state index in [1.54, 1.807) is 0 Å². The molecule has 184 valence electrons. The molecule has 1 saturated carbocycles. The Balaban J connectivity index is 1.52. The van der Waals surface area contributed by atoms with Crippen LogP contribution in [0, 0.1) is 0 Å². The molecule has 0 atom stereocenters. The van der Waals surface area contributed by atoms with Crippen LogP contribution < -0.4 is 20.1 Å². The lowest BCUT2D eigenvalue weighted by Crippen LogP contribution is -2.46. The minimum atomic E-state index is -4.13. The molecule has 0 aromatic heterocycles. The standard InChI is InChI=1S/C23H28ClN3O6S/c1-33-21-11-4-16(24)14-20(21)22(29)25-13-12-15-2-9-19(10-3-15)34(31,32)27-23(30)26-17-5-7-18(28)8-6-17/h2-4,9-11,14,17-18,28H,5-8,12-13H2,1H3,(H,25,29)(H2,26,27,30)/i1+1D3,18D. The highest BCUT2D eigenvalue weighted by Crippen LogP contribution is 2.22. The first-order valence-corrected chi connectivity index (χ1v) is 12.4. The van der Waals surface area contributed by atoms with Gasteiger partial charge in [-0.05, 0) is 68.0 Å². The van der Waals surface area contributed by atoms with E-state index in [1.165, 1.54) is 42.5 Å². The van der Waals surface area contributed by atoms with Crippen LogP contribution in [0.2, 0.25) is 5.02 Å². The molecule has 0 saturated heterocycles. The molecule has 0 radical (unpaired) electrons. The van der Waals surface area contributed by atoms with Gasteiger partial charge >= 0.3 is 6.03 Å². The fourth-order valence-corrected chi connectivity index (χ4v) is 4.60. The fourth-order valence-electron chi connectivity index (χ4n) is 3.51. The summed E-state index contributed by atoms with van der Waals surface area (Å²) in [7, 11) is -6.88. The number of methoxy groups -OCH3 is 1. The summed E-state index contributed by atoms with van der Waals surface area (Å²) in [4.78, 5) is 24.6. The quantitative estimate of drug-likeness (QED) is 0.400. The minimum absolute atomic E-state index is 0.0389. The number of ether oxygens (including phenoxy) is 1. The second-order valence-electron chi connectivity index (χ2n) is 7.81. The van der Waals surface area contributed by atoms with Gasteiger partial charge in [-0.15, -0.1) is 0 Å². The van der Waals surface area contributed by atoms with Crippen LogP contribution >= 0.6 is 11.6 Å². The van der Waals surface area contributed by atoms with Crippen molar-refractivity contribution >= 4 is 33.6 Å². The van der Waals surface area contributed by atoms with Crippen LogP contribution in [0.1, 0.15) is 47.1 Å². The molecule has 9 nitrogen and oxygen atoms in total. The molecule has 1 fully saturated rings. The van der Waals surface area contributed by atoms with Gasteiger partial charge in [-0.2, -0.15) is 0 Å². The predicted octanol–water partition coefficient (Wildman–Crippen LogP) is 2.61.